The third-order valence-electron chi connectivity index (χ3n) is 4.85. The van der Waals surface area contributed by atoms with Gasteiger partial charge in [0.15, 0.2) is 0 Å². The summed E-state index contributed by atoms with van der Waals surface area (Å²) in [5.41, 5.74) is 1.12. The van der Waals surface area contributed by atoms with Gasteiger partial charge in [0, 0.05) is 31.1 Å². The number of halogens is 1. The highest BCUT2D eigenvalue weighted by Gasteiger charge is 2.39. The zero-order chi connectivity index (χ0) is 15.8. The summed E-state index contributed by atoms with van der Waals surface area (Å²) < 4.78 is 5.47. The van der Waals surface area contributed by atoms with Crippen LogP contribution in [-0.4, -0.2) is 44.1 Å². The number of nitrogens with one attached hydrogen (secondary N) is 1. The van der Waals surface area contributed by atoms with Gasteiger partial charge in [0.2, 0.25) is 0 Å². The molecule has 2 aromatic rings. The van der Waals surface area contributed by atoms with Crippen molar-refractivity contribution in [1.29, 1.82) is 0 Å². The highest BCUT2D eigenvalue weighted by Crippen LogP contribution is 2.38. The van der Waals surface area contributed by atoms with E-state index in [1.807, 2.05) is 29.2 Å². The van der Waals surface area contributed by atoms with Gasteiger partial charge < -0.3 is 15.0 Å². The summed E-state index contributed by atoms with van der Waals surface area (Å²) in [5, 5.41) is 3.41. The van der Waals surface area contributed by atoms with Crippen molar-refractivity contribution in [3.8, 4) is 16.2 Å². The Labute approximate surface area is 152 Å². The summed E-state index contributed by atoms with van der Waals surface area (Å²) in [6.45, 7) is 3.78. The van der Waals surface area contributed by atoms with E-state index in [1.165, 1.54) is 11.3 Å². The van der Waals surface area contributed by atoms with Crippen LogP contribution in [-0.2, 0) is 0 Å². The maximum absolute atomic E-state index is 12.9. The summed E-state index contributed by atoms with van der Waals surface area (Å²) in [6.07, 6.45) is 0. The van der Waals surface area contributed by atoms with Gasteiger partial charge in [-0.3, -0.25) is 4.79 Å². The molecule has 0 radical (unpaired) electrons. The minimum atomic E-state index is 0. The van der Waals surface area contributed by atoms with Crippen LogP contribution in [0.2, 0.25) is 0 Å². The van der Waals surface area contributed by atoms with E-state index >= 15 is 0 Å². The maximum Gasteiger partial charge on any atom is 0.267 e. The lowest BCUT2D eigenvalue weighted by Gasteiger charge is -2.17. The predicted octanol–water partition coefficient (Wildman–Crippen LogP) is 3.14. The molecule has 0 unspecified atom stereocenters. The molecule has 2 atom stereocenters. The number of hydrogen-bond donors (Lipinski definition) is 1. The van der Waals surface area contributed by atoms with Crippen molar-refractivity contribution in [2.75, 3.05) is 33.3 Å². The van der Waals surface area contributed by atoms with Gasteiger partial charge in [-0.25, -0.2) is 0 Å². The third kappa shape index (κ3) is 3.04. The van der Waals surface area contributed by atoms with Gasteiger partial charge in [-0.1, -0.05) is 30.3 Å². The number of benzene rings is 1. The van der Waals surface area contributed by atoms with Gasteiger partial charge in [-0.2, -0.15) is 0 Å². The standard InChI is InChI=1S/C18H20N2O2S.ClH/c1-22-15-7-16(12-5-3-2-4-6-12)23-17(15)18(21)20-10-13-8-19-9-14(13)11-20;/h2-7,13-14,19H,8-11H2,1H3;1H/t13-,14+;. The quantitative estimate of drug-likeness (QED) is 0.909. The SMILES string of the molecule is COc1cc(-c2ccccc2)sc1C(=O)N1C[C@H]2CNC[C@H]2C1.Cl. The molecule has 2 aliphatic heterocycles. The Morgan fingerprint density at radius 3 is 2.50 bits per heavy atom. The van der Waals surface area contributed by atoms with Crippen LogP contribution < -0.4 is 10.1 Å². The Balaban J connectivity index is 0.00000169. The number of rotatable bonds is 3. The number of likely N-dealkylation sites (tertiary alicyclic amines) is 1. The summed E-state index contributed by atoms with van der Waals surface area (Å²) in [6, 6.07) is 12.1. The van der Waals surface area contributed by atoms with Crippen molar-refractivity contribution in [1.82, 2.24) is 10.2 Å². The van der Waals surface area contributed by atoms with E-state index in [-0.39, 0.29) is 18.3 Å². The zero-order valence-corrected chi connectivity index (χ0v) is 15.2. The molecule has 1 N–H and O–H groups in total. The van der Waals surface area contributed by atoms with Gasteiger partial charge >= 0.3 is 0 Å². The summed E-state index contributed by atoms with van der Waals surface area (Å²) in [4.78, 5) is 16.7. The monoisotopic (exact) mass is 364 g/mol. The van der Waals surface area contributed by atoms with E-state index in [2.05, 4.69) is 17.4 Å². The van der Waals surface area contributed by atoms with E-state index in [0.717, 1.165) is 41.5 Å². The average Bonchev–Trinajstić information content (AvgIpc) is 3.28. The summed E-state index contributed by atoms with van der Waals surface area (Å²) in [7, 11) is 1.64. The molecular formula is C18H21ClN2O2S. The molecule has 1 amide bonds. The maximum atomic E-state index is 12.9. The Hall–Kier alpha value is -1.56. The van der Waals surface area contributed by atoms with Crippen LogP contribution in [0.4, 0.5) is 0 Å². The Morgan fingerprint density at radius 2 is 1.88 bits per heavy atom. The number of amides is 1. The summed E-state index contributed by atoms with van der Waals surface area (Å²) >= 11 is 1.53. The van der Waals surface area contributed by atoms with Gasteiger partial charge in [0.25, 0.3) is 5.91 Å². The van der Waals surface area contributed by atoms with E-state index in [0.29, 0.717) is 17.6 Å². The second-order valence-corrected chi connectivity index (χ2v) is 7.31. The fourth-order valence-corrected chi connectivity index (χ4v) is 4.68. The third-order valence-corrected chi connectivity index (χ3v) is 6.00. The highest BCUT2D eigenvalue weighted by atomic mass is 35.5. The first-order chi connectivity index (χ1) is 11.3. The number of carbonyl (C=O) groups excluding carboxylic acids is 1. The van der Waals surface area contributed by atoms with Gasteiger partial charge in [-0.15, -0.1) is 23.7 Å². The first-order valence-corrected chi connectivity index (χ1v) is 8.81. The zero-order valence-electron chi connectivity index (χ0n) is 13.5. The van der Waals surface area contributed by atoms with E-state index in [1.54, 1.807) is 7.11 Å². The van der Waals surface area contributed by atoms with Crippen molar-refractivity contribution < 1.29 is 9.53 Å². The fraction of sp³-hybridized carbons (Fsp3) is 0.389. The number of ether oxygens (including phenoxy) is 1. The lowest BCUT2D eigenvalue weighted by atomic mass is 10.0. The molecule has 24 heavy (non-hydrogen) atoms. The Morgan fingerprint density at radius 1 is 1.21 bits per heavy atom. The molecule has 2 fully saturated rings. The molecule has 2 saturated heterocycles. The molecule has 1 aromatic heterocycles. The molecule has 0 aliphatic carbocycles. The first-order valence-electron chi connectivity index (χ1n) is 7.99. The van der Waals surface area contributed by atoms with Crippen molar-refractivity contribution in [3.05, 3.63) is 41.3 Å². The second-order valence-electron chi connectivity index (χ2n) is 6.26. The molecule has 3 heterocycles. The van der Waals surface area contributed by atoms with Gasteiger partial charge in [0.1, 0.15) is 10.6 Å². The smallest absolute Gasteiger partial charge is 0.267 e. The van der Waals surface area contributed by atoms with Crippen LogP contribution in [0.3, 0.4) is 0 Å². The number of thiophene rings is 1. The van der Waals surface area contributed by atoms with E-state index in [9.17, 15) is 4.79 Å². The summed E-state index contributed by atoms with van der Waals surface area (Å²) in [5.74, 6) is 2.02. The average molecular weight is 365 g/mol. The molecule has 0 spiro atoms. The molecule has 0 saturated carbocycles. The molecular weight excluding hydrogens is 344 g/mol. The Bertz CT molecular complexity index is 707. The minimum Gasteiger partial charge on any atom is -0.495 e. The normalized spacial score (nSPS) is 22.1. The second kappa shape index (κ2) is 7.13. The fourth-order valence-electron chi connectivity index (χ4n) is 3.58. The van der Waals surface area contributed by atoms with Crippen molar-refractivity contribution in [2.24, 2.45) is 11.8 Å². The van der Waals surface area contributed by atoms with Crippen molar-refractivity contribution >= 4 is 29.7 Å². The minimum absolute atomic E-state index is 0. The van der Waals surface area contributed by atoms with Crippen LogP contribution >= 0.6 is 23.7 Å². The molecule has 1 aromatic carbocycles. The molecule has 6 heteroatoms. The molecule has 2 aliphatic rings. The largest absolute Gasteiger partial charge is 0.495 e. The predicted molar refractivity (Wildman–Crippen MR) is 99.3 cm³/mol. The van der Waals surface area contributed by atoms with Crippen LogP contribution in [0, 0.1) is 11.8 Å². The number of methoxy groups -OCH3 is 1. The topological polar surface area (TPSA) is 41.6 Å². The molecule has 4 nitrogen and oxygen atoms in total. The number of nitrogens with zero attached hydrogens (tertiary/aromatic N) is 1. The molecule has 128 valence electrons. The van der Waals surface area contributed by atoms with Crippen molar-refractivity contribution in [3.63, 3.8) is 0 Å². The Kier molecular flexibility index (Phi) is 5.13. The van der Waals surface area contributed by atoms with Crippen LogP contribution in [0.5, 0.6) is 5.75 Å². The lowest BCUT2D eigenvalue weighted by molar-refractivity contribution is 0.0783. The number of carbonyl (C=O) groups is 1. The molecule has 0 bridgehead atoms. The van der Waals surface area contributed by atoms with E-state index in [4.69, 9.17) is 4.74 Å². The van der Waals surface area contributed by atoms with E-state index < -0.39 is 0 Å². The highest BCUT2D eigenvalue weighted by molar-refractivity contribution is 7.17. The van der Waals surface area contributed by atoms with Crippen LogP contribution in [0.25, 0.3) is 10.4 Å². The molecule has 4 rings (SSSR count). The first kappa shape index (κ1) is 17.3. The van der Waals surface area contributed by atoms with Crippen molar-refractivity contribution in [2.45, 2.75) is 0 Å². The number of hydrogen-bond acceptors (Lipinski definition) is 4. The van der Waals surface area contributed by atoms with Crippen LogP contribution in [0.1, 0.15) is 9.67 Å². The van der Waals surface area contributed by atoms with Crippen LogP contribution in [0.15, 0.2) is 36.4 Å². The number of fused-ring (bicyclic) bond motifs is 1. The lowest BCUT2D eigenvalue weighted by Crippen LogP contribution is -2.31. The van der Waals surface area contributed by atoms with Gasteiger partial charge in [-0.05, 0) is 23.5 Å². The van der Waals surface area contributed by atoms with Gasteiger partial charge in [0.05, 0.1) is 7.11 Å².